The highest BCUT2D eigenvalue weighted by atomic mass is 16.5. The van der Waals surface area contributed by atoms with Gasteiger partial charge >= 0.3 is 13.1 Å². The first-order valence-corrected chi connectivity index (χ1v) is 8.58. The average molecular weight is 356 g/mol. The second-order valence-corrected chi connectivity index (χ2v) is 7.03. The van der Waals surface area contributed by atoms with Gasteiger partial charge in [0.05, 0.1) is 6.54 Å². The van der Waals surface area contributed by atoms with Gasteiger partial charge in [0.1, 0.15) is 29.5 Å². The average Bonchev–Trinajstić information content (AvgIpc) is 3.22. The molecule has 3 aliphatic rings. The van der Waals surface area contributed by atoms with Crippen molar-refractivity contribution in [3.05, 3.63) is 35.4 Å². The fraction of sp³-hybridized carbons (Fsp3) is 0.438. The van der Waals surface area contributed by atoms with Gasteiger partial charge in [0, 0.05) is 18.9 Å². The van der Waals surface area contributed by atoms with Crippen molar-refractivity contribution in [3.8, 4) is 11.5 Å². The summed E-state index contributed by atoms with van der Waals surface area (Å²) in [6, 6.07) is 3.56. The predicted octanol–water partition coefficient (Wildman–Crippen LogP) is 0.496. The largest absolute Gasteiger partial charge is 0.535 e. The number of rotatable bonds is 5. The summed E-state index contributed by atoms with van der Waals surface area (Å²) in [6.45, 7) is 1.95. The maximum absolute atomic E-state index is 11.8. The molecule has 0 amide bonds. The Hall–Kier alpha value is -2.59. The van der Waals surface area contributed by atoms with Crippen LogP contribution < -0.4 is 9.39 Å². The lowest BCUT2D eigenvalue weighted by Gasteiger charge is -2.38. The van der Waals surface area contributed by atoms with Crippen molar-refractivity contribution in [1.29, 1.82) is 0 Å². The van der Waals surface area contributed by atoms with Crippen LogP contribution in [-0.2, 0) is 6.54 Å². The van der Waals surface area contributed by atoms with E-state index in [-0.39, 0.29) is 34.9 Å². The van der Waals surface area contributed by atoms with Crippen molar-refractivity contribution in [2.45, 2.75) is 30.8 Å². The molecule has 1 aromatic carbocycles. The standard InChI is InChI=1S/C16H17BN4O5/c22-16(23)14-12(2-1-9-10-3-11(10)17(24)26-15(9)14)25-8-4-21(5-8)6-13-18-7-19-20-13/h1-2,7-8,10-11,24H,3-6H2,(H,22,23)(H,18,19,20). The maximum Gasteiger partial charge on any atom is 0.526 e. The van der Waals surface area contributed by atoms with Crippen LogP contribution >= 0.6 is 0 Å². The fourth-order valence-corrected chi connectivity index (χ4v) is 3.81. The Balaban J connectivity index is 1.32. The molecule has 2 fully saturated rings. The van der Waals surface area contributed by atoms with Crippen LogP contribution in [0.5, 0.6) is 11.5 Å². The van der Waals surface area contributed by atoms with Crippen LogP contribution in [0.25, 0.3) is 0 Å². The highest BCUT2D eigenvalue weighted by molar-refractivity contribution is 6.48. The number of carboxylic acid groups (broad SMARTS) is 1. The monoisotopic (exact) mass is 356 g/mol. The number of H-pyrrole nitrogens is 1. The number of hydrogen-bond donors (Lipinski definition) is 3. The highest BCUT2D eigenvalue weighted by Crippen LogP contribution is 2.60. The quantitative estimate of drug-likeness (QED) is 0.662. The molecule has 1 saturated carbocycles. The Bertz CT molecular complexity index is 855. The first-order chi connectivity index (χ1) is 12.6. The molecule has 26 heavy (non-hydrogen) atoms. The van der Waals surface area contributed by atoms with Crippen LogP contribution in [0.3, 0.4) is 0 Å². The smallest absolute Gasteiger partial charge is 0.526 e. The van der Waals surface area contributed by atoms with Crippen molar-refractivity contribution >= 4 is 13.1 Å². The Morgan fingerprint density at radius 2 is 2.31 bits per heavy atom. The number of aromatic carboxylic acids is 1. The van der Waals surface area contributed by atoms with Crippen LogP contribution in [0.1, 0.15) is 34.1 Å². The Labute approximate surface area is 149 Å². The number of benzene rings is 1. The molecule has 10 heteroatoms. The van der Waals surface area contributed by atoms with Crippen LogP contribution in [-0.4, -0.2) is 62.5 Å². The molecular formula is C16H17BN4O5. The lowest BCUT2D eigenvalue weighted by atomic mass is 9.77. The number of nitrogens with one attached hydrogen (secondary N) is 1. The van der Waals surface area contributed by atoms with Gasteiger partial charge in [-0.2, -0.15) is 5.10 Å². The Kier molecular flexibility index (Phi) is 3.44. The van der Waals surface area contributed by atoms with Gasteiger partial charge in [-0.15, -0.1) is 0 Å². The minimum atomic E-state index is -1.11. The van der Waals surface area contributed by atoms with Gasteiger partial charge in [-0.3, -0.25) is 10.00 Å². The molecule has 5 rings (SSSR count). The van der Waals surface area contributed by atoms with E-state index in [0.29, 0.717) is 25.5 Å². The van der Waals surface area contributed by atoms with E-state index >= 15 is 0 Å². The van der Waals surface area contributed by atoms with E-state index in [1.165, 1.54) is 6.33 Å². The van der Waals surface area contributed by atoms with E-state index in [0.717, 1.165) is 12.0 Å². The molecule has 0 spiro atoms. The minimum absolute atomic E-state index is 0.000632. The zero-order valence-electron chi connectivity index (χ0n) is 13.8. The summed E-state index contributed by atoms with van der Waals surface area (Å²) in [4.78, 5) is 18.0. The maximum atomic E-state index is 11.8. The van der Waals surface area contributed by atoms with E-state index in [4.69, 9.17) is 9.39 Å². The molecule has 1 aromatic heterocycles. The summed E-state index contributed by atoms with van der Waals surface area (Å²) >= 11 is 0. The molecule has 2 aromatic rings. The molecule has 2 aliphatic heterocycles. The van der Waals surface area contributed by atoms with E-state index in [2.05, 4.69) is 20.1 Å². The zero-order valence-corrected chi connectivity index (χ0v) is 13.8. The van der Waals surface area contributed by atoms with Gasteiger partial charge in [0.15, 0.2) is 5.82 Å². The summed E-state index contributed by atoms with van der Waals surface area (Å²) in [5.74, 6) is 0.390. The molecule has 1 aliphatic carbocycles. The van der Waals surface area contributed by atoms with E-state index in [9.17, 15) is 14.9 Å². The molecule has 0 bridgehead atoms. The first kappa shape index (κ1) is 15.7. The number of aromatic amines is 1. The summed E-state index contributed by atoms with van der Waals surface area (Å²) in [5.41, 5.74) is 0.851. The molecule has 9 nitrogen and oxygen atoms in total. The van der Waals surface area contributed by atoms with Crippen molar-refractivity contribution in [2.24, 2.45) is 0 Å². The number of carbonyl (C=O) groups is 1. The highest BCUT2D eigenvalue weighted by Gasteiger charge is 2.54. The number of likely N-dealkylation sites (tertiary alicyclic amines) is 1. The number of hydrogen-bond acceptors (Lipinski definition) is 7. The predicted molar refractivity (Wildman–Crippen MR) is 89.2 cm³/mol. The third-order valence-corrected chi connectivity index (χ3v) is 5.26. The van der Waals surface area contributed by atoms with Crippen LogP contribution in [0.15, 0.2) is 18.5 Å². The van der Waals surface area contributed by atoms with E-state index in [1.54, 1.807) is 6.07 Å². The summed E-state index contributed by atoms with van der Waals surface area (Å²) in [7, 11) is -0.943. The second kappa shape index (κ2) is 5.71. The molecule has 1 saturated heterocycles. The SMILES string of the molecule is O=C(O)c1c(OC2CN(Cc3nc[nH]n3)C2)ccc2c1OB(O)C1CC21. The lowest BCUT2D eigenvalue weighted by molar-refractivity contribution is 0.0120. The van der Waals surface area contributed by atoms with Crippen molar-refractivity contribution in [2.75, 3.05) is 13.1 Å². The zero-order chi connectivity index (χ0) is 17.8. The van der Waals surface area contributed by atoms with Gasteiger partial charge in [-0.1, -0.05) is 6.07 Å². The number of carboxylic acids is 1. The molecule has 3 N–H and O–H groups in total. The number of nitrogens with zero attached hydrogens (tertiary/aromatic N) is 3. The summed E-state index contributed by atoms with van der Waals surface area (Å²) < 4.78 is 11.4. The molecule has 134 valence electrons. The van der Waals surface area contributed by atoms with Crippen molar-refractivity contribution in [3.63, 3.8) is 0 Å². The van der Waals surface area contributed by atoms with Crippen LogP contribution in [0, 0.1) is 0 Å². The van der Waals surface area contributed by atoms with Crippen molar-refractivity contribution < 1.29 is 24.3 Å². The molecule has 0 radical (unpaired) electrons. The normalized spacial score (nSPS) is 24.3. The topological polar surface area (TPSA) is 121 Å². The third-order valence-electron chi connectivity index (χ3n) is 5.26. The van der Waals surface area contributed by atoms with Gasteiger partial charge < -0.3 is 19.5 Å². The summed E-state index contributed by atoms with van der Waals surface area (Å²) in [6.07, 6.45) is 2.26. The van der Waals surface area contributed by atoms with Crippen molar-refractivity contribution in [1.82, 2.24) is 20.1 Å². The first-order valence-electron chi connectivity index (χ1n) is 8.58. The third kappa shape index (κ3) is 2.53. The van der Waals surface area contributed by atoms with Gasteiger partial charge in [0.25, 0.3) is 0 Å². The molecule has 2 atom stereocenters. The lowest BCUT2D eigenvalue weighted by Crippen LogP contribution is -2.53. The number of aromatic nitrogens is 3. The number of ether oxygens (including phenoxy) is 1. The Morgan fingerprint density at radius 1 is 1.46 bits per heavy atom. The van der Waals surface area contributed by atoms with E-state index < -0.39 is 13.1 Å². The van der Waals surface area contributed by atoms with E-state index in [1.807, 2.05) is 6.07 Å². The molecule has 3 heterocycles. The van der Waals surface area contributed by atoms with Gasteiger partial charge in [-0.05, 0) is 24.0 Å². The van der Waals surface area contributed by atoms with Gasteiger partial charge in [0.2, 0.25) is 0 Å². The second-order valence-electron chi connectivity index (χ2n) is 7.03. The fourth-order valence-electron chi connectivity index (χ4n) is 3.81. The minimum Gasteiger partial charge on any atom is -0.535 e. The number of fused-ring (bicyclic) bond motifs is 3. The summed E-state index contributed by atoms with van der Waals surface area (Å²) in [5, 5.41) is 26.3. The molecular weight excluding hydrogens is 339 g/mol. The molecule has 2 unspecified atom stereocenters. The van der Waals surface area contributed by atoms with Crippen LogP contribution in [0.4, 0.5) is 0 Å². The van der Waals surface area contributed by atoms with Crippen LogP contribution in [0.2, 0.25) is 5.82 Å². The Morgan fingerprint density at radius 3 is 3.04 bits per heavy atom. The van der Waals surface area contributed by atoms with Gasteiger partial charge in [-0.25, -0.2) is 9.78 Å².